The standard InChI is InChI=1S/C22H28N4O2/c1-24-14-18(20(23)27)12-19(24)21(28)26-11-9-22(16-26)8-5-10-25(15-22)13-17-6-3-2-4-7-17/h2-4,6-7,12,14H,5,8-11,13,15-16H2,1H3,(H2,23,27). The largest absolute Gasteiger partial charge is 0.366 e. The Balaban J connectivity index is 1.44. The molecule has 1 unspecified atom stereocenters. The molecular weight excluding hydrogens is 352 g/mol. The average molecular weight is 380 g/mol. The Labute approximate surface area is 165 Å². The molecule has 1 aromatic heterocycles. The van der Waals surface area contributed by atoms with Crippen molar-refractivity contribution in [3.8, 4) is 0 Å². The van der Waals surface area contributed by atoms with Crippen molar-refractivity contribution in [1.82, 2.24) is 14.4 Å². The zero-order valence-electron chi connectivity index (χ0n) is 16.4. The van der Waals surface area contributed by atoms with E-state index >= 15 is 0 Å². The fourth-order valence-corrected chi connectivity index (χ4v) is 4.80. The summed E-state index contributed by atoms with van der Waals surface area (Å²) in [7, 11) is 1.79. The Morgan fingerprint density at radius 1 is 1.11 bits per heavy atom. The SMILES string of the molecule is Cn1cc(C(N)=O)cc1C(=O)N1CCC2(CCCN(Cc3ccccc3)C2)C1. The first kappa shape index (κ1) is 18.7. The van der Waals surface area contributed by atoms with E-state index in [2.05, 4.69) is 35.2 Å². The first-order valence-electron chi connectivity index (χ1n) is 9.98. The van der Waals surface area contributed by atoms with Crippen LogP contribution in [0.1, 0.15) is 45.7 Å². The van der Waals surface area contributed by atoms with E-state index in [1.54, 1.807) is 23.9 Å². The summed E-state index contributed by atoms with van der Waals surface area (Å²) in [6.07, 6.45) is 5.01. The third kappa shape index (κ3) is 3.69. The molecule has 2 amide bonds. The number of amides is 2. The van der Waals surface area contributed by atoms with Gasteiger partial charge < -0.3 is 15.2 Å². The van der Waals surface area contributed by atoms with Crippen LogP contribution in [0, 0.1) is 5.41 Å². The summed E-state index contributed by atoms with van der Waals surface area (Å²) in [6.45, 7) is 4.68. The number of primary amides is 1. The second kappa shape index (κ2) is 7.43. The zero-order chi connectivity index (χ0) is 19.7. The molecule has 4 rings (SSSR count). The maximum atomic E-state index is 13.0. The molecule has 1 spiro atoms. The molecule has 6 nitrogen and oxygen atoms in total. The van der Waals surface area contributed by atoms with Gasteiger partial charge in [0.2, 0.25) is 5.91 Å². The number of nitrogens with zero attached hydrogens (tertiary/aromatic N) is 3. The minimum absolute atomic E-state index is 0.00735. The number of hydrogen-bond donors (Lipinski definition) is 1. The number of likely N-dealkylation sites (tertiary alicyclic amines) is 2. The number of benzene rings is 1. The van der Waals surface area contributed by atoms with Crippen LogP contribution < -0.4 is 5.73 Å². The van der Waals surface area contributed by atoms with Crippen molar-refractivity contribution in [2.75, 3.05) is 26.2 Å². The summed E-state index contributed by atoms with van der Waals surface area (Å²) in [6, 6.07) is 12.2. The van der Waals surface area contributed by atoms with Crippen molar-refractivity contribution in [2.45, 2.75) is 25.8 Å². The lowest BCUT2D eigenvalue weighted by Crippen LogP contribution is -2.45. The quantitative estimate of drug-likeness (QED) is 0.884. The van der Waals surface area contributed by atoms with Gasteiger partial charge in [-0.25, -0.2) is 0 Å². The number of carbonyl (C=O) groups excluding carboxylic acids is 2. The molecule has 6 heteroatoms. The van der Waals surface area contributed by atoms with E-state index in [1.165, 1.54) is 18.4 Å². The highest BCUT2D eigenvalue weighted by Gasteiger charge is 2.43. The van der Waals surface area contributed by atoms with Crippen LogP contribution >= 0.6 is 0 Å². The van der Waals surface area contributed by atoms with Gasteiger partial charge in [0.1, 0.15) is 5.69 Å². The Morgan fingerprint density at radius 2 is 1.89 bits per heavy atom. The third-order valence-corrected chi connectivity index (χ3v) is 6.22. The molecule has 2 N–H and O–H groups in total. The Morgan fingerprint density at radius 3 is 2.61 bits per heavy atom. The van der Waals surface area contributed by atoms with Gasteiger partial charge in [-0.1, -0.05) is 30.3 Å². The lowest BCUT2D eigenvalue weighted by Gasteiger charge is -2.40. The maximum Gasteiger partial charge on any atom is 0.270 e. The van der Waals surface area contributed by atoms with Crippen LogP contribution in [0.4, 0.5) is 0 Å². The van der Waals surface area contributed by atoms with E-state index < -0.39 is 5.91 Å². The number of nitrogens with two attached hydrogens (primary N) is 1. The van der Waals surface area contributed by atoms with Crippen molar-refractivity contribution in [1.29, 1.82) is 0 Å². The number of piperidine rings is 1. The summed E-state index contributed by atoms with van der Waals surface area (Å²) in [5, 5.41) is 0. The molecule has 28 heavy (non-hydrogen) atoms. The second-order valence-electron chi connectivity index (χ2n) is 8.37. The lowest BCUT2D eigenvalue weighted by molar-refractivity contribution is 0.0668. The smallest absolute Gasteiger partial charge is 0.270 e. The monoisotopic (exact) mass is 380 g/mol. The molecule has 2 aliphatic rings. The highest BCUT2D eigenvalue weighted by atomic mass is 16.2. The van der Waals surface area contributed by atoms with Crippen molar-refractivity contribution >= 4 is 11.8 Å². The second-order valence-corrected chi connectivity index (χ2v) is 8.37. The lowest BCUT2D eigenvalue weighted by atomic mass is 9.79. The van der Waals surface area contributed by atoms with Crippen LogP contribution in [0.2, 0.25) is 0 Å². The van der Waals surface area contributed by atoms with Gasteiger partial charge in [-0.15, -0.1) is 0 Å². The highest BCUT2D eigenvalue weighted by molar-refractivity contribution is 5.98. The minimum Gasteiger partial charge on any atom is -0.366 e. The topological polar surface area (TPSA) is 71.6 Å². The first-order valence-corrected chi connectivity index (χ1v) is 9.98. The number of aromatic nitrogens is 1. The molecule has 2 saturated heterocycles. The average Bonchev–Trinajstić information content (AvgIpc) is 3.26. The summed E-state index contributed by atoms with van der Waals surface area (Å²) in [5.74, 6) is -0.511. The van der Waals surface area contributed by atoms with Crippen molar-refractivity contribution in [3.05, 3.63) is 59.4 Å². The molecule has 1 aromatic carbocycles. The molecule has 2 fully saturated rings. The van der Waals surface area contributed by atoms with E-state index in [9.17, 15) is 9.59 Å². The van der Waals surface area contributed by atoms with Gasteiger partial charge in [0.15, 0.2) is 0 Å². The molecule has 0 bridgehead atoms. The predicted molar refractivity (Wildman–Crippen MR) is 108 cm³/mol. The van der Waals surface area contributed by atoms with Gasteiger partial charge >= 0.3 is 0 Å². The molecule has 2 aromatic rings. The Kier molecular flexibility index (Phi) is 4.98. The van der Waals surface area contributed by atoms with E-state index in [4.69, 9.17) is 5.73 Å². The van der Waals surface area contributed by atoms with Crippen molar-refractivity contribution < 1.29 is 9.59 Å². The van der Waals surface area contributed by atoms with Crippen LogP contribution in [0.3, 0.4) is 0 Å². The van der Waals surface area contributed by atoms with E-state index in [-0.39, 0.29) is 11.3 Å². The van der Waals surface area contributed by atoms with Gasteiger partial charge in [-0.3, -0.25) is 14.5 Å². The number of rotatable bonds is 4. The van der Waals surface area contributed by atoms with Gasteiger partial charge in [-0.2, -0.15) is 0 Å². The summed E-state index contributed by atoms with van der Waals surface area (Å²) in [4.78, 5) is 28.9. The Bertz CT molecular complexity index is 876. The molecule has 3 heterocycles. The van der Waals surface area contributed by atoms with Crippen LogP contribution in [0.15, 0.2) is 42.6 Å². The van der Waals surface area contributed by atoms with Gasteiger partial charge in [-0.05, 0) is 37.4 Å². The molecule has 0 radical (unpaired) electrons. The number of carbonyl (C=O) groups is 2. The van der Waals surface area contributed by atoms with Gasteiger partial charge in [0.25, 0.3) is 5.91 Å². The van der Waals surface area contributed by atoms with E-state index in [1.807, 2.05) is 4.90 Å². The molecule has 1 atom stereocenters. The van der Waals surface area contributed by atoms with Crippen LogP contribution in [0.25, 0.3) is 0 Å². The molecule has 0 aliphatic carbocycles. The summed E-state index contributed by atoms with van der Waals surface area (Å²) < 4.78 is 1.70. The van der Waals surface area contributed by atoms with Gasteiger partial charge in [0, 0.05) is 44.8 Å². The third-order valence-electron chi connectivity index (χ3n) is 6.22. The van der Waals surface area contributed by atoms with Crippen LogP contribution in [-0.2, 0) is 13.6 Å². The molecular formula is C22H28N4O2. The van der Waals surface area contributed by atoms with Gasteiger partial charge in [0.05, 0.1) is 5.56 Å². The number of aryl methyl sites for hydroxylation is 1. The zero-order valence-corrected chi connectivity index (χ0v) is 16.4. The first-order chi connectivity index (χ1) is 13.5. The van der Waals surface area contributed by atoms with Crippen molar-refractivity contribution in [2.24, 2.45) is 18.2 Å². The molecule has 148 valence electrons. The van der Waals surface area contributed by atoms with Crippen molar-refractivity contribution in [3.63, 3.8) is 0 Å². The molecule has 2 aliphatic heterocycles. The number of hydrogen-bond acceptors (Lipinski definition) is 3. The van der Waals surface area contributed by atoms with Crippen LogP contribution in [0.5, 0.6) is 0 Å². The fourth-order valence-electron chi connectivity index (χ4n) is 4.80. The maximum absolute atomic E-state index is 13.0. The van der Waals surface area contributed by atoms with E-state index in [0.717, 1.165) is 39.1 Å². The highest BCUT2D eigenvalue weighted by Crippen LogP contribution is 2.39. The summed E-state index contributed by atoms with van der Waals surface area (Å²) in [5.41, 5.74) is 7.79. The van der Waals surface area contributed by atoms with E-state index in [0.29, 0.717) is 11.3 Å². The predicted octanol–water partition coefficient (Wildman–Crippen LogP) is 2.25. The minimum atomic E-state index is -0.503. The normalized spacial score (nSPS) is 22.7. The van der Waals surface area contributed by atoms with Crippen LogP contribution in [-0.4, -0.2) is 52.4 Å². The molecule has 0 saturated carbocycles. The summed E-state index contributed by atoms with van der Waals surface area (Å²) >= 11 is 0. The Hall–Kier alpha value is -2.60. The fraction of sp³-hybridized carbons (Fsp3) is 0.455.